The van der Waals surface area contributed by atoms with Crippen molar-refractivity contribution in [2.45, 2.75) is 39.2 Å². The first-order chi connectivity index (χ1) is 14.7. The number of halogens is 4. The van der Waals surface area contributed by atoms with Gasteiger partial charge in [-0.15, -0.1) is 24.0 Å². The number of piperazine rings is 1. The predicted molar refractivity (Wildman–Crippen MR) is 129 cm³/mol. The van der Waals surface area contributed by atoms with Gasteiger partial charge in [0.15, 0.2) is 5.96 Å². The molecule has 1 saturated heterocycles. The highest BCUT2D eigenvalue weighted by Gasteiger charge is 2.27. The zero-order chi connectivity index (χ0) is 22.9. The van der Waals surface area contributed by atoms with E-state index in [0.29, 0.717) is 18.7 Å². The molecule has 0 spiro atoms. The molecule has 182 valence electrons. The van der Waals surface area contributed by atoms with E-state index in [1.165, 1.54) is 0 Å². The first kappa shape index (κ1) is 28.4. The molecule has 1 aromatic rings. The third kappa shape index (κ3) is 10.8. The van der Waals surface area contributed by atoms with Crippen LogP contribution in [0.3, 0.4) is 0 Å². The first-order valence-electron chi connectivity index (χ1n) is 10.4. The SMILES string of the molecule is CN=C(NCc1cccc(COCC(F)(F)F)c1)N1CCN(CC(=O)NC(C)C)CC1.I. The Balaban J connectivity index is 0.00000512. The van der Waals surface area contributed by atoms with Crippen LogP contribution in [0.2, 0.25) is 0 Å². The average molecular weight is 571 g/mol. The highest BCUT2D eigenvalue weighted by Crippen LogP contribution is 2.16. The molecule has 11 heteroatoms. The molecule has 0 aromatic heterocycles. The van der Waals surface area contributed by atoms with Gasteiger partial charge < -0.3 is 20.3 Å². The van der Waals surface area contributed by atoms with E-state index in [0.717, 1.165) is 37.7 Å². The molecule has 1 amide bonds. The number of alkyl halides is 3. The van der Waals surface area contributed by atoms with E-state index in [1.54, 1.807) is 19.2 Å². The number of guanidine groups is 1. The quantitative estimate of drug-likeness (QED) is 0.286. The largest absolute Gasteiger partial charge is 0.411 e. The highest BCUT2D eigenvalue weighted by molar-refractivity contribution is 14.0. The lowest BCUT2D eigenvalue weighted by molar-refractivity contribution is -0.176. The topological polar surface area (TPSA) is 69.2 Å². The van der Waals surface area contributed by atoms with Crippen molar-refractivity contribution < 1.29 is 22.7 Å². The van der Waals surface area contributed by atoms with Crippen LogP contribution in [0.5, 0.6) is 0 Å². The number of rotatable bonds is 8. The molecule has 0 aliphatic carbocycles. The number of carbonyl (C=O) groups is 1. The third-order valence-corrected chi connectivity index (χ3v) is 4.68. The van der Waals surface area contributed by atoms with Gasteiger partial charge in [0, 0.05) is 45.8 Å². The number of hydrogen-bond acceptors (Lipinski definition) is 4. The van der Waals surface area contributed by atoms with E-state index in [-0.39, 0.29) is 42.5 Å². The Morgan fingerprint density at radius 2 is 1.84 bits per heavy atom. The summed E-state index contributed by atoms with van der Waals surface area (Å²) in [5.41, 5.74) is 1.62. The van der Waals surface area contributed by atoms with Crippen LogP contribution in [0, 0.1) is 0 Å². The molecule has 0 unspecified atom stereocenters. The van der Waals surface area contributed by atoms with E-state index in [2.05, 4.69) is 25.4 Å². The summed E-state index contributed by atoms with van der Waals surface area (Å²) in [6, 6.07) is 7.39. The molecule has 2 N–H and O–H groups in total. The van der Waals surface area contributed by atoms with E-state index < -0.39 is 12.8 Å². The number of benzene rings is 1. The van der Waals surface area contributed by atoms with Crippen molar-refractivity contribution in [3.8, 4) is 0 Å². The van der Waals surface area contributed by atoms with Crippen LogP contribution >= 0.6 is 24.0 Å². The minimum absolute atomic E-state index is 0. The van der Waals surface area contributed by atoms with Crippen molar-refractivity contribution in [3.63, 3.8) is 0 Å². The summed E-state index contributed by atoms with van der Waals surface area (Å²) in [5, 5.41) is 6.21. The molecule has 1 heterocycles. The van der Waals surface area contributed by atoms with Crippen LogP contribution < -0.4 is 10.6 Å². The summed E-state index contributed by atoms with van der Waals surface area (Å²) in [6.45, 7) is 6.45. The third-order valence-electron chi connectivity index (χ3n) is 4.68. The molecule has 32 heavy (non-hydrogen) atoms. The average Bonchev–Trinajstić information content (AvgIpc) is 2.68. The number of carbonyl (C=O) groups excluding carboxylic acids is 1. The van der Waals surface area contributed by atoms with Crippen molar-refractivity contribution in [2.75, 3.05) is 46.4 Å². The van der Waals surface area contributed by atoms with Gasteiger partial charge in [-0.05, 0) is 25.0 Å². The molecule has 0 saturated carbocycles. The normalized spacial score (nSPS) is 15.5. The van der Waals surface area contributed by atoms with Gasteiger partial charge in [-0.25, -0.2) is 0 Å². The van der Waals surface area contributed by atoms with E-state index in [9.17, 15) is 18.0 Å². The fourth-order valence-electron chi connectivity index (χ4n) is 3.32. The molecule has 0 radical (unpaired) electrons. The number of hydrogen-bond donors (Lipinski definition) is 2. The molecule has 1 aromatic carbocycles. The second-order valence-corrected chi connectivity index (χ2v) is 7.81. The Morgan fingerprint density at radius 3 is 2.44 bits per heavy atom. The summed E-state index contributed by atoms with van der Waals surface area (Å²) in [4.78, 5) is 20.5. The second-order valence-electron chi connectivity index (χ2n) is 7.81. The van der Waals surface area contributed by atoms with Gasteiger partial charge in [-0.1, -0.05) is 24.3 Å². The summed E-state index contributed by atoms with van der Waals surface area (Å²) in [5.74, 6) is 0.787. The highest BCUT2D eigenvalue weighted by atomic mass is 127. The summed E-state index contributed by atoms with van der Waals surface area (Å²) < 4.78 is 41.4. The molecular weight excluding hydrogens is 538 g/mol. The summed E-state index contributed by atoms with van der Waals surface area (Å²) in [7, 11) is 1.71. The molecule has 1 aliphatic heterocycles. The molecule has 1 aliphatic rings. The van der Waals surface area contributed by atoms with Crippen LogP contribution in [-0.4, -0.2) is 80.3 Å². The van der Waals surface area contributed by atoms with Gasteiger partial charge in [0.2, 0.25) is 5.91 Å². The van der Waals surface area contributed by atoms with Crippen molar-refractivity contribution in [3.05, 3.63) is 35.4 Å². The monoisotopic (exact) mass is 571 g/mol. The lowest BCUT2D eigenvalue weighted by Gasteiger charge is -2.36. The maximum atomic E-state index is 12.2. The number of amides is 1. The van der Waals surface area contributed by atoms with Gasteiger partial charge in [0.25, 0.3) is 0 Å². The van der Waals surface area contributed by atoms with Crippen LogP contribution in [0.15, 0.2) is 29.3 Å². The fraction of sp³-hybridized carbons (Fsp3) is 0.619. The van der Waals surface area contributed by atoms with Crippen molar-refractivity contribution >= 4 is 35.8 Å². The standard InChI is InChI=1S/C21H32F3N5O2.HI/c1-16(2)27-19(30)13-28-7-9-29(10-8-28)20(25-3)26-12-17-5-4-6-18(11-17)14-31-15-21(22,23)24;/h4-6,11,16H,7-10,12-15H2,1-3H3,(H,25,26)(H,27,30);1H. The van der Waals surface area contributed by atoms with Crippen LogP contribution in [-0.2, 0) is 22.7 Å². The molecule has 7 nitrogen and oxygen atoms in total. The minimum atomic E-state index is -4.33. The van der Waals surface area contributed by atoms with E-state index in [4.69, 9.17) is 4.74 Å². The number of ether oxygens (including phenoxy) is 1. The first-order valence-corrected chi connectivity index (χ1v) is 10.4. The maximum absolute atomic E-state index is 12.2. The zero-order valence-electron chi connectivity index (χ0n) is 18.7. The Kier molecular flexibility index (Phi) is 12.3. The van der Waals surface area contributed by atoms with E-state index >= 15 is 0 Å². The smallest absolute Gasteiger partial charge is 0.367 e. The number of aliphatic imine (C=N–C) groups is 1. The predicted octanol–water partition coefficient (Wildman–Crippen LogP) is 2.60. The van der Waals surface area contributed by atoms with Crippen LogP contribution in [0.25, 0.3) is 0 Å². The Bertz CT molecular complexity index is 738. The Hall–Kier alpha value is -1.60. The summed E-state index contributed by atoms with van der Waals surface area (Å²) in [6.07, 6.45) is -4.33. The van der Waals surface area contributed by atoms with Gasteiger partial charge in [0.05, 0.1) is 13.2 Å². The van der Waals surface area contributed by atoms with Crippen LogP contribution in [0.1, 0.15) is 25.0 Å². The molecule has 2 rings (SSSR count). The van der Waals surface area contributed by atoms with E-state index in [1.807, 2.05) is 26.0 Å². The van der Waals surface area contributed by atoms with Crippen LogP contribution in [0.4, 0.5) is 13.2 Å². The van der Waals surface area contributed by atoms with Gasteiger partial charge in [0.1, 0.15) is 6.61 Å². The Labute approximate surface area is 204 Å². The van der Waals surface area contributed by atoms with Crippen molar-refractivity contribution in [1.82, 2.24) is 20.4 Å². The lowest BCUT2D eigenvalue weighted by Crippen LogP contribution is -2.54. The van der Waals surface area contributed by atoms with Gasteiger partial charge in [-0.3, -0.25) is 14.7 Å². The second kappa shape index (κ2) is 13.8. The Morgan fingerprint density at radius 1 is 1.19 bits per heavy atom. The van der Waals surface area contributed by atoms with Gasteiger partial charge >= 0.3 is 6.18 Å². The molecule has 0 bridgehead atoms. The molecule has 0 atom stereocenters. The molecular formula is C21H33F3IN5O2. The van der Waals surface area contributed by atoms with Crippen molar-refractivity contribution in [2.24, 2.45) is 4.99 Å². The summed E-state index contributed by atoms with van der Waals surface area (Å²) >= 11 is 0. The minimum Gasteiger partial charge on any atom is -0.367 e. The number of nitrogens with one attached hydrogen (secondary N) is 2. The fourth-order valence-corrected chi connectivity index (χ4v) is 3.32. The zero-order valence-corrected chi connectivity index (χ0v) is 21.1. The number of nitrogens with zero attached hydrogens (tertiary/aromatic N) is 3. The molecule has 1 fully saturated rings. The van der Waals surface area contributed by atoms with Crippen molar-refractivity contribution in [1.29, 1.82) is 0 Å². The lowest BCUT2D eigenvalue weighted by atomic mass is 10.1. The maximum Gasteiger partial charge on any atom is 0.411 e. The van der Waals surface area contributed by atoms with Gasteiger partial charge in [-0.2, -0.15) is 13.2 Å².